The van der Waals surface area contributed by atoms with Crippen LogP contribution in [0.3, 0.4) is 0 Å². The number of rotatable bonds is 6. The molecular formula is C18H28N4O4S. The van der Waals surface area contributed by atoms with Crippen molar-refractivity contribution >= 4 is 15.9 Å². The van der Waals surface area contributed by atoms with Gasteiger partial charge in [0.2, 0.25) is 15.9 Å². The largest absolute Gasteiger partial charge is 0.378 e. The van der Waals surface area contributed by atoms with Gasteiger partial charge in [-0.15, -0.1) is 0 Å². The van der Waals surface area contributed by atoms with E-state index in [-0.39, 0.29) is 18.0 Å². The number of carbonyl (C=O) groups excluding carboxylic acids is 1. The second-order valence-corrected chi connectivity index (χ2v) is 9.04. The number of nitrogens with zero attached hydrogens (tertiary/aromatic N) is 1. The Kier molecular flexibility index (Phi) is 6.48. The van der Waals surface area contributed by atoms with Crippen molar-refractivity contribution < 1.29 is 17.9 Å². The second kappa shape index (κ2) is 8.66. The smallest absolute Gasteiger partial charge is 0.241 e. The number of sulfonamides is 1. The summed E-state index contributed by atoms with van der Waals surface area (Å²) in [5.41, 5.74) is 6.83. The van der Waals surface area contributed by atoms with Crippen molar-refractivity contribution in [2.24, 2.45) is 0 Å². The number of morpholine rings is 1. The van der Waals surface area contributed by atoms with E-state index in [0.717, 1.165) is 5.56 Å². The molecule has 150 valence electrons. The molecule has 1 aromatic carbocycles. The first-order valence-corrected chi connectivity index (χ1v) is 10.9. The predicted molar refractivity (Wildman–Crippen MR) is 102 cm³/mol. The molecule has 2 fully saturated rings. The van der Waals surface area contributed by atoms with E-state index >= 15 is 0 Å². The number of hydrazine groups is 1. The molecule has 0 aliphatic carbocycles. The van der Waals surface area contributed by atoms with Gasteiger partial charge in [0, 0.05) is 25.2 Å². The Labute approximate surface area is 160 Å². The van der Waals surface area contributed by atoms with Crippen molar-refractivity contribution in [3.8, 4) is 0 Å². The molecule has 2 aliphatic rings. The molecule has 0 radical (unpaired) electrons. The summed E-state index contributed by atoms with van der Waals surface area (Å²) in [7, 11) is -3.72. The highest BCUT2D eigenvalue weighted by Gasteiger charge is 2.42. The van der Waals surface area contributed by atoms with E-state index in [9.17, 15) is 13.2 Å². The second-order valence-electron chi connectivity index (χ2n) is 7.17. The summed E-state index contributed by atoms with van der Waals surface area (Å²) in [5.74, 6) is -0.204. The molecule has 3 atom stereocenters. The van der Waals surface area contributed by atoms with Gasteiger partial charge in [-0.1, -0.05) is 30.3 Å². The maximum absolute atomic E-state index is 13.1. The first-order chi connectivity index (χ1) is 12.9. The predicted octanol–water partition coefficient (Wildman–Crippen LogP) is -0.371. The molecule has 8 nitrogen and oxygen atoms in total. The lowest BCUT2D eigenvalue weighted by Gasteiger charge is -2.31. The summed E-state index contributed by atoms with van der Waals surface area (Å²) in [6, 6.07) is 8.11. The highest BCUT2D eigenvalue weighted by molar-refractivity contribution is 7.90. The minimum absolute atomic E-state index is 0.204. The third kappa shape index (κ3) is 4.85. The molecule has 2 heterocycles. The van der Waals surface area contributed by atoms with Crippen molar-refractivity contribution in [1.82, 2.24) is 20.5 Å². The van der Waals surface area contributed by atoms with Crippen LogP contribution in [0.4, 0.5) is 0 Å². The van der Waals surface area contributed by atoms with Crippen LogP contribution in [0.2, 0.25) is 0 Å². The Morgan fingerprint density at radius 3 is 2.37 bits per heavy atom. The average molecular weight is 397 g/mol. The molecular weight excluding hydrogens is 368 g/mol. The molecule has 27 heavy (non-hydrogen) atoms. The van der Waals surface area contributed by atoms with Crippen LogP contribution in [0.1, 0.15) is 19.4 Å². The summed E-state index contributed by atoms with van der Waals surface area (Å²) < 4.78 is 34.1. The van der Waals surface area contributed by atoms with E-state index in [2.05, 4.69) is 15.6 Å². The fourth-order valence-corrected chi connectivity index (χ4v) is 5.66. The molecule has 0 bridgehead atoms. The van der Waals surface area contributed by atoms with Crippen molar-refractivity contribution in [2.45, 2.75) is 43.6 Å². The topological polar surface area (TPSA) is 99.8 Å². The Bertz CT molecular complexity index is 727. The summed E-state index contributed by atoms with van der Waals surface area (Å²) >= 11 is 0. The number of amides is 1. The van der Waals surface area contributed by atoms with Crippen LogP contribution in [0.15, 0.2) is 30.3 Å². The Balaban J connectivity index is 1.81. The third-order valence-electron chi connectivity index (χ3n) is 5.09. The van der Waals surface area contributed by atoms with E-state index < -0.39 is 21.3 Å². The van der Waals surface area contributed by atoms with Crippen molar-refractivity contribution in [1.29, 1.82) is 0 Å². The Hall–Kier alpha value is -1.52. The monoisotopic (exact) mass is 396 g/mol. The van der Waals surface area contributed by atoms with E-state index in [1.54, 1.807) is 4.90 Å². The number of hydrogen-bond donors (Lipinski definition) is 3. The first-order valence-electron chi connectivity index (χ1n) is 9.31. The van der Waals surface area contributed by atoms with Crippen LogP contribution in [0, 0.1) is 0 Å². The van der Waals surface area contributed by atoms with Crippen molar-refractivity contribution in [3.05, 3.63) is 35.9 Å². The van der Waals surface area contributed by atoms with Gasteiger partial charge in [-0.25, -0.2) is 13.1 Å². The van der Waals surface area contributed by atoms with E-state index in [4.69, 9.17) is 4.74 Å². The summed E-state index contributed by atoms with van der Waals surface area (Å²) in [5, 5.41) is -0.659. The van der Waals surface area contributed by atoms with Crippen molar-refractivity contribution in [3.63, 3.8) is 0 Å². The van der Waals surface area contributed by atoms with Crippen LogP contribution >= 0.6 is 0 Å². The maximum Gasteiger partial charge on any atom is 0.241 e. The zero-order valence-corrected chi connectivity index (χ0v) is 16.5. The number of hydrogen-bond acceptors (Lipinski definition) is 6. The number of nitrogens with one attached hydrogen (secondary N) is 3. The van der Waals surface area contributed by atoms with Gasteiger partial charge in [0.15, 0.2) is 0 Å². The number of ether oxygens (including phenoxy) is 1. The van der Waals surface area contributed by atoms with Crippen molar-refractivity contribution in [2.75, 3.05) is 26.3 Å². The highest BCUT2D eigenvalue weighted by atomic mass is 32.2. The zero-order chi connectivity index (χ0) is 19.4. The summed E-state index contributed by atoms with van der Waals surface area (Å²) in [6.07, 6.45) is 0.312. The molecule has 0 saturated carbocycles. The Morgan fingerprint density at radius 1 is 1.19 bits per heavy atom. The quantitative estimate of drug-likeness (QED) is 0.607. The van der Waals surface area contributed by atoms with Gasteiger partial charge in [0.1, 0.15) is 11.3 Å². The van der Waals surface area contributed by atoms with Crippen LogP contribution < -0.4 is 15.6 Å². The SMILES string of the molecule is CC1NNC(C)C1S(=O)(=O)N[C@@H](Cc1ccccc1)C(=O)N1CCOCC1. The lowest BCUT2D eigenvalue weighted by molar-refractivity contribution is -0.137. The fourth-order valence-electron chi connectivity index (χ4n) is 3.71. The van der Waals surface area contributed by atoms with E-state index in [0.29, 0.717) is 32.7 Å². The summed E-state index contributed by atoms with van der Waals surface area (Å²) in [6.45, 7) is 5.53. The normalized spacial score (nSPS) is 27.5. The average Bonchev–Trinajstić information content (AvgIpc) is 3.01. The zero-order valence-electron chi connectivity index (χ0n) is 15.7. The first kappa shape index (κ1) is 20.2. The lowest BCUT2D eigenvalue weighted by atomic mass is 10.1. The standard InChI is InChI=1S/C18H28N4O4S/c1-13-17(14(2)20-19-13)27(24,25)21-16(12-15-6-4-3-5-7-15)18(23)22-8-10-26-11-9-22/h3-7,13-14,16-17,19-21H,8-12H2,1-2H3/t13?,14?,16-,17?/m0/s1. The van der Waals surface area contributed by atoms with Gasteiger partial charge in [-0.2, -0.15) is 0 Å². The molecule has 3 N–H and O–H groups in total. The van der Waals surface area contributed by atoms with Gasteiger partial charge in [0.25, 0.3) is 0 Å². The van der Waals surface area contributed by atoms with Crippen LogP contribution in [-0.2, 0) is 26.0 Å². The molecule has 0 spiro atoms. The number of benzene rings is 1. The maximum atomic E-state index is 13.1. The minimum atomic E-state index is -3.72. The van der Waals surface area contributed by atoms with Crippen LogP contribution in [-0.4, -0.2) is 68.9 Å². The molecule has 2 saturated heterocycles. The van der Waals surface area contributed by atoms with Crippen LogP contribution in [0.5, 0.6) is 0 Å². The summed E-state index contributed by atoms with van der Waals surface area (Å²) in [4.78, 5) is 14.7. The van der Waals surface area contributed by atoms with Gasteiger partial charge in [-0.05, 0) is 25.8 Å². The molecule has 2 unspecified atom stereocenters. The molecule has 0 aromatic heterocycles. The third-order valence-corrected chi connectivity index (χ3v) is 7.24. The van der Waals surface area contributed by atoms with Crippen LogP contribution in [0.25, 0.3) is 0 Å². The Morgan fingerprint density at radius 2 is 1.78 bits per heavy atom. The van der Waals surface area contributed by atoms with Gasteiger partial charge < -0.3 is 9.64 Å². The molecule has 9 heteroatoms. The molecule has 3 rings (SSSR count). The van der Waals surface area contributed by atoms with Gasteiger partial charge >= 0.3 is 0 Å². The fraction of sp³-hybridized carbons (Fsp3) is 0.611. The van der Waals surface area contributed by atoms with Gasteiger partial charge in [-0.3, -0.25) is 15.6 Å². The van der Waals surface area contributed by atoms with Gasteiger partial charge in [0.05, 0.1) is 13.2 Å². The number of carbonyl (C=O) groups is 1. The molecule has 1 amide bonds. The highest BCUT2D eigenvalue weighted by Crippen LogP contribution is 2.17. The van der Waals surface area contributed by atoms with E-state index in [1.165, 1.54) is 0 Å². The van der Waals surface area contributed by atoms with E-state index in [1.807, 2.05) is 44.2 Å². The minimum Gasteiger partial charge on any atom is -0.378 e. The lowest BCUT2D eigenvalue weighted by Crippen LogP contribution is -2.55. The molecule has 1 aromatic rings. The molecule has 2 aliphatic heterocycles.